The van der Waals surface area contributed by atoms with Crippen LogP contribution in [0.1, 0.15) is 24.3 Å². The third-order valence-corrected chi connectivity index (χ3v) is 3.59. The molecule has 0 atom stereocenters. The Balaban J connectivity index is 2.33. The van der Waals surface area contributed by atoms with E-state index >= 15 is 0 Å². The Morgan fingerprint density at radius 3 is 3.08 bits per heavy atom. The highest BCUT2D eigenvalue weighted by molar-refractivity contribution is 7.17. The van der Waals surface area contributed by atoms with E-state index < -0.39 is 0 Å². The normalized spacial score (nSPS) is 17.4. The minimum atomic E-state index is 0.882. The molecule has 0 aromatic carbocycles. The molecule has 0 amide bonds. The molecule has 0 unspecified atom stereocenters. The predicted molar refractivity (Wildman–Crippen MR) is 52.8 cm³/mol. The number of nitrogens with zero attached hydrogens (tertiary/aromatic N) is 1. The topological polar surface area (TPSA) is 4.93 Å². The molecule has 1 nitrogen and oxygen atoms in total. The molecule has 1 aliphatic carbocycles. The summed E-state index contributed by atoms with van der Waals surface area (Å²) in [6.45, 7) is 0. The summed E-state index contributed by atoms with van der Waals surface area (Å²) in [5, 5.41) is 2.19. The second-order valence-electron chi connectivity index (χ2n) is 3.60. The monoisotopic (exact) mass is 177 g/mol. The lowest BCUT2D eigenvalue weighted by molar-refractivity contribution is 0.953. The van der Waals surface area contributed by atoms with Gasteiger partial charge in [0, 0.05) is 13.2 Å². The van der Waals surface area contributed by atoms with E-state index in [9.17, 15) is 0 Å². The van der Waals surface area contributed by atoms with Gasteiger partial charge in [0.05, 0.1) is 10.2 Å². The lowest BCUT2D eigenvalue weighted by atomic mass is 10.2. The molecule has 0 bridgehead atoms. The molecule has 0 saturated heterocycles. The molecular formula is C10H11NS. The van der Waals surface area contributed by atoms with Crippen molar-refractivity contribution in [2.75, 3.05) is 0 Å². The summed E-state index contributed by atoms with van der Waals surface area (Å²) < 4.78 is 3.76. The number of hydrogen-bond donors (Lipinski definition) is 0. The van der Waals surface area contributed by atoms with Crippen molar-refractivity contribution in [2.24, 2.45) is 7.05 Å². The van der Waals surface area contributed by atoms with E-state index in [0.29, 0.717) is 0 Å². The second kappa shape index (κ2) is 2.13. The fourth-order valence-corrected chi connectivity index (χ4v) is 2.84. The van der Waals surface area contributed by atoms with Gasteiger partial charge in [-0.05, 0) is 35.8 Å². The second-order valence-corrected chi connectivity index (χ2v) is 4.52. The van der Waals surface area contributed by atoms with Crippen molar-refractivity contribution in [2.45, 2.75) is 18.8 Å². The largest absolute Gasteiger partial charge is 0.350 e. The van der Waals surface area contributed by atoms with Gasteiger partial charge in [-0.2, -0.15) is 0 Å². The van der Waals surface area contributed by atoms with Crippen molar-refractivity contribution in [3.63, 3.8) is 0 Å². The van der Waals surface area contributed by atoms with Gasteiger partial charge in [-0.25, -0.2) is 0 Å². The highest BCUT2D eigenvalue weighted by Gasteiger charge is 2.27. The minimum absolute atomic E-state index is 0.882. The van der Waals surface area contributed by atoms with Crippen LogP contribution >= 0.6 is 11.3 Å². The van der Waals surface area contributed by atoms with Crippen molar-refractivity contribution in [1.29, 1.82) is 0 Å². The van der Waals surface area contributed by atoms with Crippen LogP contribution in [0, 0.1) is 0 Å². The Bertz CT molecular complexity index is 420. The van der Waals surface area contributed by atoms with Crippen LogP contribution in [0.3, 0.4) is 0 Å². The van der Waals surface area contributed by atoms with Crippen LogP contribution in [0.25, 0.3) is 10.2 Å². The fourth-order valence-electron chi connectivity index (χ4n) is 1.82. The van der Waals surface area contributed by atoms with E-state index in [1.54, 1.807) is 5.56 Å². The molecule has 62 valence electrons. The maximum Gasteiger partial charge on any atom is 0.0590 e. The summed E-state index contributed by atoms with van der Waals surface area (Å²) in [6, 6.07) is 2.21. The first-order chi connectivity index (χ1) is 5.86. The minimum Gasteiger partial charge on any atom is -0.350 e. The van der Waals surface area contributed by atoms with E-state index in [2.05, 4.69) is 29.3 Å². The molecule has 2 aromatic rings. The highest BCUT2D eigenvalue weighted by Crippen LogP contribution is 2.44. The molecule has 2 heteroatoms. The molecule has 2 aromatic heterocycles. The zero-order chi connectivity index (χ0) is 8.13. The molecule has 0 spiro atoms. The quantitative estimate of drug-likeness (QED) is 0.630. The van der Waals surface area contributed by atoms with E-state index in [1.807, 2.05) is 11.3 Å². The standard InChI is InChI=1S/C10H11NS/c1-11-6-8(7-2-3-7)10-9(11)4-5-12-10/h4-7H,2-3H2,1H3. The van der Waals surface area contributed by atoms with Gasteiger partial charge in [0.25, 0.3) is 0 Å². The third kappa shape index (κ3) is 0.787. The van der Waals surface area contributed by atoms with Gasteiger partial charge in [-0.3, -0.25) is 0 Å². The van der Waals surface area contributed by atoms with Gasteiger partial charge in [0.2, 0.25) is 0 Å². The molecule has 0 radical (unpaired) electrons. The van der Waals surface area contributed by atoms with Crippen molar-refractivity contribution in [3.8, 4) is 0 Å². The van der Waals surface area contributed by atoms with Gasteiger partial charge in [0.15, 0.2) is 0 Å². The van der Waals surface area contributed by atoms with Crippen LogP contribution in [0.4, 0.5) is 0 Å². The smallest absolute Gasteiger partial charge is 0.0590 e. The number of aromatic nitrogens is 1. The van der Waals surface area contributed by atoms with Crippen LogP contribution < -0.4 is 0 Å². The van der Waals surface area contributed by atoms with E-state index in [0.717, 1.165) is 5.92 Å². The Morgan fingerprint density at radius 2 is 2.33 bits per heavy atom. The number of fused-ring (bicyclic) bond motifs is 1. The molecule has 2 heterocycles. The molecule has 0 N–H and O–H groups in total. The van der Waals surface area contributed by atoms with Gasteiger partial charge in [0.1, 0.15) is 0 Å². The van der Waals surface area contributed by atoms with Crippen molar-refractivity contribution in [3.05, 3.63) is 23.2 Å². The van der Waals surface area contributed by atoms with Gasteiger partial charge < -0.3 is 4.57 Å². The van der Waals surface area contributed by atoms with Gasteiger partial charge >= 0.3 is 0 Å². The predicted octanol–water partition coefficient (Wildman–Crippen LogP) is 3.12. The van der Waals surface area contributed by atoms with Crippen LogP contribution in [0.15, 0.2) is 17.6 Å². The SMILES string of the molecule is Cn1cc(C2CC2)c2sccc21. The van der Waals surface area contributed by atoms with E-state index in [4.69, 9.17) is 0 Å². The Kier molecular flexibility index (Phi) is 1.20. The Labute approximate surface area is 75.6 Å². The summed E-state index contributed by atoms with van der Waals surface area (Å²) in [5.74, 6) is 0.882. The molecule has 1 saturated carbocycles. The number of rotatable bonds is 1. The summed E-state index contributed by atoms with van der Waals surface area (Å²) in [6.07, 6.45) is 5.10. The number of thiophene rings is 1. The van der Waals surface area contributed by atoms with Crippen molar-refractivity contribution >= 4 is 21.6 Å². The lowest BCUT2D eigenvalue weighted by Crippen LogP contribution is -1.81. The maximum absolute atomic E-state index is 2.30. The first kappa shape index (κ1) is 6.72. The zero-order valence-corrected chi connectivity index (χ0v) is 7.90. The molecule has 1 aliphatic rings. The molecule has 1 fully saturated rings. The van der Waals surface area contributed by atoms with Crippen LogP contribution in [0.2, 0.25) is 0 Å². The maximum atomic E-state index is 2.30. The Hall–Kier alpha value is -0.760. The van der Waals surface area contributed by atoms with Gasteiger partial charge in [-0.1, -0.05) is 0 Å². The fraction of sp³-hybridized carbons (Fsp3) is 0.400. The molecule has 12 heavy (non-hydrogen) atoms. The summed E-state index contributed by atoms with van der Waals surface area (Å²) >= 11 is 1.88. The summed E-state index contributed by atoms with van der Waals surface area (Å²) in [7, 11) is 2.14. The van der Waals surface area contributed by atoms with Gasteiger partial charge in [-0.15, -0.1) is 11.3 Å². The Morgan fingerprint density at radius 1 is 1.50 bits per heavy atom. The summed E-state index contributed by atoms with van der Waals surface area (Å²) in [5.41, 5.74) is 2.99. The van der Waals surface area contributed by atoms with E-state index in [1.165, 1.54) is 23.1 Å². The van der Waals surface area contributed by atoms with Crippen LogP contribution in [0.5, 0.6) is 0 Å². The van der Waals surface area contributed by atoms with Crippen LogP contribution in [-0.4, -0.2) is 4.57 Å². The average molecular weight is 177 g/mol. The van der Waals surface area contributed by atoms with Crippen LogP contribution in [-0.2, 0) is 7.05 Å². The molecular weight excluding hydrogens is 166 g/mol. The van der Waals surface area contributed by atoms with Crippen molar-refractivity contribution in [1.82, 2.24) is 4.57 Å². The average Bonchev–Trinajstić information content (AvgIpc) is 2.68. The molecule has 0 aliphatic heterocycles. The number of hydrogen-bond acceptors (Lipinski definition) is 1. The first-order valence-corrected chi connectivity index (χ1v) is 5.26. The molecule has 3 rings (SSSR count). The van der Waals surface area contributed by atoms with E-state index in [-0.39, 0.29) is 0 Å². The van der Waals surface area contributed by atoms with Crippen molar-refractivity contribution < 1.29 is 0 Å². The number of aryl methyl sites for hydroxylation is 1. The third-order valence-electron chi connectivity index (χ3n) is 2.64. The lowest BCUT2D eigenvalue weighted by Gasteiger charge is -1.88. The summed E-state index contributed by atoms with van der Waals surface area (Å²) in [4.78, 5) is 0. The first-order valence-electron chi connectivity index (χ1n) is 4.38. The zero-order valence-electron chi connectivity index (χ0n) is 7.08. The highest BCUT2D eigenvalue weighted by atomic mass is 32.1.